The van der Waals surface area contributed by atoms with Crippen LogP contribution in [0, 0.1) is 30.9 Å². The van der Waals surface area contributed by atoms with Gasteiger partial charge < -0.3 is 0 Å². The minimum atomic E-state index is -3.80. The minimum absolute atomic E-state index is 0.00504. The first-order valence-electron chi connectivity index (χ1n) is 8.01. The van der Waals surface area contributed by atoms with Crippen molar-refractivity contribution in [1.29, 1.82) is 0 Å². The van der Waals surface area contributed by atoms with Crippen LogP contribution in [-0.2, 0) is 10.0 Å². The third-order valence-corrected chi connectivity index (χ3v) is 6.98. The van der Waals surface area contributed by atoms with Gasteiger partial charge in [0.05, 0.1) is 26.1 Å². The highest BCUT2D eigenvalue weighted by Crippen LogP contribution is 2.34. The molecule has 0 unspecified atom stereocenters. The van der Waals surface area contributed by atoms with E-state index in [9.17, 15) is 18.5 Å². The number of hydrogen-bond donors (Lipinski definition) is 0. The Kier molecular flexibility index (Phi) is 5.07. The molecule has 3 rings (SSSR count). The fraction of sp³-hybridized carbons (Fsp3) is 0.167. The topological polar surface area (TPSA) is 95.1 Å². The van der Waals surface area contributed by atoms with Gasteiger partial charge in [0.15, 0.2) is 0 Å². The van der Waals surface area contributed by atoms with Crippen molar-refractivity contribution in [3.63, 3.8) is 0 Å². The highest BCUT2D eigenvalue weighted by atomic mass is 32.2. The Balaban J connectivity index is 1.97. The first-order chi connectivity index (χ1) is 12.7. The van der Waals surface area contributed by atoms with Crippen molar-refractivity contribution in [2.75, 3.05) is 0 Å². The molecule has 7 nitrogen and oxygen atoms in total. The molecule has 2 aromatic carbocycles. The summed E-state index contributed by atoms with van der Waals surface area (Å²) in [6.07, 6.45) is 0. The van der Waals surface area contributed by atoms with Crippen LogP contribution >= 0.6 is 11.8 Å². The molecule has 0 saturated carbocycles. The summed E-state index contributed by atoms with van der Waals surface area (Å²) in [5, 5.41) is 15.0. The van der Waals surface area contributed by atoms with E-state index in [0.29, 0.717) is 16.3 Å². The molecule has 140 valence electrons. The molecule has 9 heteroatoms. The third-order valence-electron chi connectivity index (χ3n) is 4.00. The van der Waals surface area contributed by atoms with Gasteiger partial charge in [-0.3, -0.25) is 10.1 Å². The molecule has 0 saturated heterocycles. The summed E-state index contributed by atoms with van der Waals surface area (Å²) in [5.41, 5.74) is 2.05. The van der Waals surface area contributed by atoms with E-state index in [1.807, 2.05) is 6.92 Å². The van der Waals surface area contributed by atoms with Crippen molar-refractivity contribution in [1.82, 2.24) is 9.19 Å². The molecule has 0 atom stereocenters. The smallest absolute Gasteiger partial charge is 0.258 e. The minimum Gasteiger partial charge on any atom is -0.258 e. The van der Waals surface area contributed by atoms with E-state index in [0.717, 1.165) is 14.5 Å². The number of aromatic nitrogens is 2. The Morgan fingerprint density at radius 2 is 1.59 bits per heavy atom. The average Bonchev–Trinajstić information content (AvgIpc) is 2.91. The van der Waals surface area contributed by atoms with E-state index >= 15 is 0 Å². The second-order valence-electron chi connectivity index (χ2n) is 6.01. The lowest BCUT2D eigenvalue weighted by Gasteiger charge is -2.07. The molecule has 0 bridgehead atoms. The van der Waals surface area contributed by atoms with E-state index in [-0.39, 0.29) is 10.6 Å². The van der Waals surface area contributed by atoms with Crippen LogP contribution in [0.5, 0.6) is 0 Å². The largest absolute Gasteiger partial charge is 0.283 e. The SMILES string of the molecule is Cc1ccc(S(=O)(=O)n2nc(C)c(Sc3ccc([N+](=O)[O-])cc3)c2C)cc1. The van der Waals surface area contributed by atoms with Crippen molar-refractivity contribution in [3.05, 3.63) is 75.6 Å². The van der Waals surface area contributed by atoms with E-state index in [1.54, 1.807) is 50.2 Å². The summed E-state index contributed by atoms with van der Waals surface area (Å²) in [4.78, 5) is 11.9. The molecule has 0 N–H and O–H groups in total. The van der Waals surface area contributed by atoms with Gasteiger partial charge in [-0.1, -0.05) is 29.5 Å². The summed E-state index contributed by atoms with van der Waals surface area (Å²) in [6.45, 7) is 5.32. The standard InChI is InChI=1S/C18H17N3O4S2/c1-12-4-10-17(11-5-12)27(24,25)20-14(3)18(13(2)19-20)26-16-8-6-15(7-9-16)21(22)23/h4-11H,1-3H3. The number of aryl methyl sites for hydroxylation is 2. The predicted octanol–water partition coefficient (Wildman–Crippen LogP) is 4.10. The van der Waals surface area contributed by atoms with Crippen molar-refractivity contribution < 1.29 is 13.3 Å². The zero-order valence-corrected chi connectivity index (χ0v) is 16.5. The Labute approximate surface area is 161 Å². The Morgan fingerprint density at radius 3 is 2.15 bits per heavy atom. The molecule has 0 fully saturated rings. The first-order valence-corrected chi connectivity index (χ1v) is 10.3. The monoisotopic (exact) mass is 403 g/mol. The molecule has 0 aliphatic rings. The van der Waals surface area contributed by atoms with Gasteiger partial charge in [0, 0.05) is 17.0 Å². The van der Waals surface area contributed by atoms with E-state index in [2.05, 4.69) is 5.10 Å². The maximum Gasteiger partial charge on any atom is 0.283 e. The molecule has 1 heterocycles. The van der Waals surface area contributed by atoms with Gasteiger partial charge >= 0.3 is 0 Å². The van der Waals surface area contributed by atoms with Crippen molar-refractivity contribution in [2.24, 2.45) is 0 Å². The van der Waals surface area contributed by atoms with Gasteiger partial charge in [0.2, 0.25) is 0 Å². The lowest BCUT2D eigenvalue weighted by atomic mass is 10.2. The number of non-ortho nitro benzene ring substituents is 1. The molecular formula is C18H17N3O4S2. The molecule has 0 spiro atoms. The van der Waals surface area contributed by atoms with Crippen molar-refractivity contribution in [3.8, 4) is 0 Å². The van der Waals surface area contributed by atoms with Crippen LogP contribution in [0.15, 0.2) is 63.2 Å². The summed E-state index contributed by atoms with van der Waals surface area (Å²) in [5.74, 6) is 0. The lowest BCUT2D eigenvalue weighted by molar-refractivity contribution is -0.384. The van der Waals surface area contributed by atoms with Crippen LogP contribution < -0.4 is 0 Å². The van der Waals surface area contributed by atoms with E-state index in [4.69, 9.17) is 0 Å². The van der Waals surface area contributed by atoms with Gasteiger partial charge in [-0.15, -0.1) is 0 Å². The average molecular weight is 403 g/mol. The van der Waals surface area contributed by atoms with Gasteiger partial charge in [-0.05, 0) is 45.0 Å². The highest BCUT2D eigenvalue weighted by Gasteiger charge is 2.24. The zero-order chi connectivity index (χ0) is 19.8. The van der Waals surface area contributed by atoms with Crippen LogP contribution in [0.2, 0.25) is 0 Å². The molecular weight excluding hydrogens is 386 g/mol. The van der Waals surface area contributed by atoms with Crippen LogP contribution in [-0.4, -0.2) is 22.5 Å². The first kappa shape index (κ1) is 19.1. The number of benzene rings is 2. The normalized spacial score (nSPS) is 11.5. The van der Waals surface area contributed by atoms with Crippen LogP contribution in [0.4, 0.5) is 5.69 Å². The summed E-state index contributed by atoms with van der Waals surface area (Å²) < 4.78 is 26.9. The van der Waals surface area contributed by atoms with Crippen LogP contribution in [0.25, 0.3) is 0 Å². The fourth-order valence-electron chi connectivity index (χ4n) is 2.55. The number of hydrogen-bond acceptors (Lipinski definition) is 6. The summed E-state index contributed by atoms with van der Waals surface area (Å²) in [7, 11) is -3.80. The number of rotatable bonds is 5. The van der Waals surface area contributed by atoms with Gasteiger partial charge in [0.25, 0.3) is 15.7 Å². The van der Waals surface area contributed by atoms with Gasteiger partial charge in [-0.25, -0.2) is 0 Å². The molecule has 0 radical (unpaired) electrons. The zero-order valence-electron chi connectivity index (χ0n) is 14.9. The molecule has 0 aliphatic carbocycles. The van der Waals surface area contributed by atoms with Crippen molar-refractivity contribution >= 4 is 27.5 Å². The van der Waals surface area contributed by atoms with E-state index < -0.39 is 14.9 Å². The summed E-state index contributed by atoms with van der Waals surface area (Å²) >= 11 is 1.33. The summed E-state index contributed by atoms with van der Waals surface area (Å²) in [6, 6.07) is 12.7. The second-order valence-corrected chi connectivity index (χ2v) is 8.87. The Bertz CT molecular complexity index is 1100. The maximum atomic E-state index is 12.9. The van der Waals surface area contributed by atoms with Crippen LogP contribution in [0.3, 0.4) is 0 Å². The Hall–Kier alpha value is -2.65. The molecule has 1 aromatic heterocycles. The number of nitro groups is 1. The van der Waals surface area contributed by atoms with Gasteiger partial charge in [0.1, 0.15) is 0 Å². The molecule has 0 amide bonds. The van der Waals surface area contributed by atoms with Crippen molar-refractivity contribution in [2.45, 2.75) is 35.5 Å². The molecule has 27 heavy (non-hydrogen) atoms. The molecule has 3 aromatic rings. The Morgan fingerprint density at radius 1 is 1.00 bits per heavy atom. The van der Waals surface area contributed by atoms with E-state index in [1.165, 1.54) is 23.9 Å². The second kappa shape index (κ2) is 7.16. The number of nitro benzene ring substituents is 1. The predicted molar refractivity (Wildman–Crippen MR) is 103 cm³/mol. The van der Waals surface area contributed by atoms with Crippen LogP contribution in [0.1, 0.15) is 17.0 Å². The molecule has 0 aliphatic heterocycles. The highest BCUT2D eigenvalue weighted by molar-refractivity contribution is 7.99. The fourth-order valence-corrected chi connectivity index (χ4v) is 4.90. The number of nitrogens with zero attached hydrogens (tertiary/aromatic N) is 3. The third kappa shape index (κ3) is 3.74. The quantitative estimate of drug-likeness (QED) is 0.470. The maximum absolute atomic E-state index is 12.9. The lowest BCUT2D eigenvalue weighted by Crippen LogP contribution is -2.16. The van der Waals surface area contributed by atoms with Gasteiger partial charge in [-0.2, -0.15) is 17.6 Å².